The van der Waals surface area contributed by atoms with Crippen molar-refractivity contribution in [3.63, 3.8) is 0 Å². The van der Waals surface area contributed by atoms with Gasteiger partial charge in [-0.1, -0.05) is 53.5 Å². The van der Waals surface area contributed by atoms with Crippen LogP contribution in [0.2, 0.25) is 0 Å². The van der Waals surface area contributed by atoms with Crippen molar-refractivity contribution in [1.29, 1.82) is 0 Å². The maximum absolute atomic E-state index is 14.0. The summed E-state index contributed by atoms with van der Waals surface area (Å²) in [5, 5.41) is 2.88. The summed E-state index contributed by atoms with van der Waals surface area (Å²) in [6.45, 7) is 3.70. The first-order chi connectivity index (χ1) is 19.6. The largest absolute Gasteiger partial charge is 0.497 e. The number of methoxy groups -OCH3 is 2. The number of rotatable bonds is 14. The Bertz CT molecular complexity index is 1410. The highest BCUT2D eigenvalue weighted by Crippen LogP contribution is 2.33. The quantitative estimate of drug-likeness (QED) is 0.248. The van der Waals surface area contributed by atoms with Crippen molar-refractivity contribution in [3.8, 4) is 11.5 Å². The maximum atomic E-state index is 14.0. The Morgan fingerprint density at radius 1 is 0.951 bits per heavy atom. The summed E-state index contributed by atoms with van der Waals surface area (Å²) in [4.78, 5) is 28.5. The molecular weight excluding hydrogens is 610 g/mol. The molecule has 0 aliphatic carbocycles. The monoisotopic (exact) mass is 645 g/mol. The van der Waals surface area contributed by atoms with E-state index in [9.17, 15) is 18.0 Å². The molecular formula is C30H36BrN3O6S. The Hall–Kier alpha value is -3.57. The summed E-state index contributed by atoms with van der Waals surface area (Å²) >= 11 is 3.42. The van der Waals surface area contributed by atoms with E-state index < -0.39 is 28.5 Å². The average molecular weight is 647 g/mol. The van der Waals surface area contributed by atoms with E-state index in [-0.39, 0.29) is 28.8 Å². The number of amides is 2. The van der Waals surface area contributed by atoms with E-state index in [1.807, 2.05) is 31.2 Å². The number of hydrogen-bond donors (Lipinski definition) is 1. The smallest absolute Gasteiger partial charge is 0.264 e. The van der Waals surface area contributed by atoms with Crippen molar-refractivity contribution in [1.82, 2.24) is 10.2 Å². The number of benzene rings is 3. The highest BCUT2D eigenvalue weighted by Gasteiger charge is 2.33. The highest BCUT2D eigenvalue weighted by atomic mass is 79.9. The first-order valence-corrected chi connectivity index (χ1v) is 15.5. The molecule has 0 spiro atoms. The fourth-order valence-electron chi connectivity index (χ4n) is 4.13. The van der Waals surface area contributed by atoms with Crippen LogP contribution in [0.15, 0.2) is 82.2 Å². The minimum atomic E-state index is -4.24. The van der Waals surface area contributed by atoms with Crippen molar-refractivity contribution in [3.05, 3.63) is 82.8 Å². The molecule has 41 heavy (non-hydrogen) atoms. The van der Waals surface area contributed by atoms with Crippen molar-refractivity contribution in [2.24, 2.45) is 0 Å². The summed E-state index contributed by atoms with van der Waals surface area (Å²) < 4.78 is 40.5. The molecule has 9 nitrogen and oxygen atoms in total. The number of hydrogen-bond acceptors (Lipinski definition) is 6. The lowest BCUT2D eigenvalue weighted by Crippen LogP contribution is -2.51. The molecule has 11 heteroatoms. The zero-order valence-corrected chi connectivity index (χ0v) is 26.1. The molecule has 0 aliphatic rings. The Kier molecular flexibility index (Phi) is 11.6. The zero-order chi connectivity index (χ0) is 30.0. The second kappa shape index (κ2) is 14.9. The van der Waals surface area contributed by atoms with Crippen LogP contribution in [-0.2, 0) is 26.2 Å². The zero-order valence-electron chi connectivity index (χ0n) is 23.7. The van der Waals surface area contributed by atoms with Gasteiger partial charge in [-0.3, -0.25) is 13.9 Å². The van der Waals surface area contributed by atoms with Gasteiger partial charge in [0.15, 0.2) is 0 Å². The van der Waals surface area contributed by atoms with E-state index in [1.165, 1.54) is 43.4 Å². The first-order valence-electron chi connectivity index (χ1n) is 13.2. The van der Waals surface area contributed by atoms with Gasteiger partial charge in [0.25, 0.3) is 10.0 Å². The third-order valence-electron chi connectivity index (χ3n) is 6.54. The highest BCUT2D eigenvalue weighted by molar-refractivity contribution is 9.10. The van der Waals surface area contributed by atoms with E-state index in [1.54, 1.807) is 31.2 Å². The summed E-state index contributed by atoms with van der Waals surface area (Å²) in [5.41, 5.74) is 0.986. The van der Waals surface area contributed by atoms with Crippen LogP contribution >= 0.6 is 15.9 Å². The fourth-order valence-corrected chi connectivity index (χ4v) is 5.82. The summed E-state index contributed by atoms with van der Waals surface area (Å²) in [6.07, 6.45) is 1.72. The Labute approximate surface area is 250 Å². The molecule has 3 aromatic carbocycles. The number of nitrogens with one attached hydrogen (secondary N) is 1. The molecule has 3 aromatic rings. The van der Waals surface area contributed by atoms with Gasteiger partial charge in [-0.25, -0.2) is 8.42 Å². The molecule has 0 saturated carbocycles. The normalized spacial score (nSPS) is 11.8. The van der Waals surface area contributed by atoms with Crippen LogP contribution in [0.1, 0.15) is 32.3 Å². The Morgan fingerprint density at radius 2 is 1.61 bits per heavy atom. The molecule has 0 bridgehead atoms. The Morgan fingerprint density at radius 3 is 2.22 bits per heavy atom. The number of para-hydroxylation sites is 2. The molecule has 2 amide bonds. The molecule has 0 heterocycles. The summed E-state index contributed by atoms with van der Waals surface area (Å²) in [7, 11) is -1.32. The van der Waals surface area contributed by atoms with Crippen molar-refractivity contribution in [2.75, 3.05) is 31.6 Å². The number of halogens is 1. The van der Waals surface area contributed by atoms with Gasteiger partial charge in [-0.05, 0) is 67.4 Å². The third-order valence-corrected chi connectivity index (χ3v) is 8.85. The van der Waals surface area contributed by atoms with Crippen LogP contribution < -0.4 is 19.1 Å². The number of unbranched alkanes of at least 4 members (excludes halogenated alkanes) is 1. The number of carbonyl (C=O) groups is 2. The number of anilines is 1. The lowest BCUT2D eigenvalue weighted by Gasteiger charge is -2.32. The lowest BCUT2D eigenvalue weighted by atomic mass is 10.1. The van der Waals surface area contributed by atoms with Gasteiger partial charge in [0.1, 0.15) is 24.1 Å². The van der Waals surface area contributed by atoms with Gasteiger partial charge in [0, 0.05) is 17.6 Å². The van der Waals surface area contributed by atoms with E-state index >= 15 is 0 Å². The van der Waals surface area contributed by atoms with E-state index in [0.29, 0.717) is 12.3 Å². The van der Waals surface area contributed by atoms with Gasteiger partial charge in [0.05, 0.1) is 24.8 Å². The van der Waals surface area contributed by atoms with Gasteiger partial charge < -0.3 is 19.7 Å². The second-order valence-electron chi connectivity index (χ2n) is 9.33. The van der Waals surface area contributed by atoms with E-state index in [4.69, 9.17) is 9.47 Å². The molecule has 0 saturated heterocycles. The van der Waals surface area contributed by atoms with Gasteiger partial charge in [-0.2, -0.15) is 0 Å². The minimum Gasteiger partial charge on any atom is -0.497 e. The molecule has 0 unspecified atom stereocenters. The van der Waals surface area contributed by atoms with Gasteiger partial charge in [0.2, 0.25) is 11.8 Å². The van der Waals surface area contributed by atoms with Gasteiger partial charge in [-0.15, -0.1) is 0 Å². The molecule has 0 aromatic heterocycles. The molecule has 0 fully saturated rings. The average Bonchev–Trinajstić information content (AvgIpc) is 2.99. The first kappa shape index (κ1) is 32.0. The van der Waals surface area contributed by atoms with Gasteiger partial charge >= 0.3 is 0 Å². The Balaban J connectivity index is 2.03. The number of carbonyl (C=O) groups excluding carboxylic acids is 2. The van der Waals surface area contributed by atoms with Crippen molar-refractivity contribution >= 4 is 43.5 Å². The number of nitrogens with zero attached hydrogens (tertiary/aromatic N) is 2. The van der Waals surface area contributed by atoms with E-state index in [2.05, 4.69) is 21.2 Å². The van der Waals surface area contributed by atoms with Crippen LogP contribution in [0.5, 0.6) is 11.5 Å². The molecule has 0 radical (unpaired) electrons. The molecule has 3 rings (SSSR count). The van der Waals surface area contributed by atoms with Crippen LogP contribution in [0, 0.1) is 0 Å². The van der Waals surface area contributed by atoms with Crippen LogP contribution in [0.3, 0.4) is 0 Å². The SMILES string of the molecule is CCCCNC(=O)[C@H](C)N(Cc1ccc(Br)cc1)C(=O)CN(c1ccccc1OC)S(=O)(=O)c1ccc(OC)cc1. The molecule has 1 atom stereocenters. The predicted octanol–water partition coefficient (Wildman–Crippen LogP) is 5.00. The van der Waals surface area contributed by atoms with E-state index in [0.717, 1.165) is 27.2 Å². The number of sulfonamides is 1. The number of ether oxygens (including phenoxy) is 2. The standard InChI is InChI=1S/C30H36BrN3O6S/c1-5-6-19-32-30(36)22(2)33(20-23-11-13-24(31)14-12-23)29(35)21-34(27-9-7-8-10-28(27)40-4)41(37,38)26-17-15-25(39-3)16-18-26/h7-18,22H,5-6,19-21H2,1-4H3,(H,32,36)/t22-/m0/s1. The van der Waals surface area contributed by atoms with Crippen LogP contribution in [0.25, 0.3) is 0 Å². The fraction of sp³-hybridized carbons (Fsp3) is 0.333. The summed E-state index contributed by atoms with van der Waals surface area (Å²) in [5.74, 6) is -0.0885. The predicted molar refractivity (Wildman–Crippen MR) is 163 cm³/mol. The molecule has 1 N–H and O–H groups in total. The van der Waals surface area contributed by atoms with Crippen LogP contribution in [-0.4, -0.2) is 58.5 Å². The van der Waals surface area contributed by atoms with Crippen LogP contribution in [0.4, 0.5) is 5.69 Å². The maximum Gasteiger partial charge on any atom is 0.264 e. The van der Waals surface area contributed by atoms with Crippen molar-refractivity contribution in [2.45, 2.75) is 44.2 Å². The summed E-state index contributed by atoms with van der Waals surface area (Å²) in [6, 6.07) is 19.0. The molecule has 220 valence electrons. The van der Waals surface area contributed by atoms with Crippen molar-refractivity contribution < 1.29 is 27.5 Å². The second-order valence-corrected chi connectivity index (χ2v) is 12.1. The molecule has 0 aliphatic heterocycles. The minimum absolute atomic E-state index is 0.0261. The topological polar surface area (TPSA) is 105 Å². The third kappa shape index (κ3) is 8.23. The lowest BCUT2D eigenvalue weighted by molar-refractivity contribution is -0.139.